The van der Waals surface area contributed by atoms with Crippen LogP contribution in [-0.4, -0.2) is 68.1 Å². The van der Waals surface area contributed by atoms with E-state index in [0.29, 0.717) is 40.1 Å². The largest absolute Gasteiger partial charge is 0.490 e. The SMILES string of the molecule is O=C(O)C(F)(F)F.O=C(O)c1csc(-c2cnc([C@@H]3CCc4cc(-c5cc(Cl)ccc5-n5cnnn5)cc(=O)n43)[nH]2)n1. The number of aryl methyl sites for hydroxylation is 1. The van der Waals surface area contributed by atoms with Gasteiger partial charge in [-0.2, -0.15) is 17.9 Å². The molecule has 13 nitrogen and oxygen atoms in total. The van der Waals surface area contributed by atoms with E-state index < -0.39 is 18.1 Å². The minimum absolute atomic E-state index is 0.0156. The molecule has 0 saturated carbocycles. The van der Waals surface area contributed by atoms with Crippen LogP contribution in [0.4, 0.5) is 13.2 Å². The van der Waals surface area contributed by atoms with Gasteiger partial charge >= 0.3 is 18.1 Å². The lowest BCUT2D eigenvalue weighted by Gasteiger charge is -2.15. The third kappa shape index (κ3) is 5.77. The van der Waals surface area contributed by atoms with Gasteiger partial charge in [-0.1, -0.05) is 11.6 Å². The summed E-state index contributed by atoms with van der Waals surface area (Å²) >= 11 is 7.48. The number of fused-ring (bicyclic) bond motifs is 1. The molecule has 0 radical (unpaired) electrons. The molecule has 1 atom stereocenters. The predicted octanol–water partition coefficient (Wildman–Crippen LogP) is 3.86. The smallest absolute Gasteiger partial charge is 0.476 e. The van der Waals surface area contributed by atoms with Gasteiger partial charge in [0.2, 0.25) is 0 Å². The highest BCUT2D eigenvalue weighted by molar-refractivity contribution is 7.13. The number of aliphatic carboxylic acids is 1. The first-order valence-electron chi connectivity index (χ1n) is 11.8. The summed E-state index contributed by atoms with van der Waals surface area (Å²) in [5.41, 5.74) is 3.48. The van der Waals surface area contributed by atoms with Crippen molar-refractivity contribution >= 4 is 34.9 Å². The van der Waals surface area contributed by atoms with E-state index in [9.17, 15) is 22.8 Å². The first kappa shape index (κ1) is 28.6. The maximum absolute atomic E-state index is 13.3. The van der Waals surface area contributed by atoms with Crippen molar-refractivity contribution in [1.82, 2.24) is 39.7 Å². The molecule has 1 aliphatic heterocycles. The summed E-state index contributed by atoms with van der Waals surface area (Å²) in [5, 5.41) is 30.1. The minimum Gasteiger partial charge on any atom is -0.476 e. The Labute approximate surface area is 240 Å². The van der Waals surface area contributed by atoms with Crippen LogP contribution in [0.15, 0.2) is 53.0 Å². The summed E-state index contributed by atoms with van der Waals surface area (Å²) in [5.74, 6) is -3.22. The Hall–Kier alpha value is -4.90. The van der Waals surface area contributed by atoms with Crippen LogP contribution in [0.1, 0.15) is 34.5 Å². The number of carbonyl (C=O) groups is 2. The maximum Gasteiger partial charge on any atom is 0.490 e. The van der Waals surface area contributed by atoms with Crippen LogP contribution in [0.2, 0.25) is 5.02 Å². The fourth-order valence-electron chi connectivity index (χ4n) is 4.33. The lowest BCUT2D eigenvalue weighted by Crippen LogP contribution is -2.23. The summed E-state index contributed by atoms with van der Waals surface area (Å²) in [6, 6.07) is 8.62. The normalized spacial score (nSPS) is 14.2. The molecule has 3 N–H and O–H groups in total. The number of benzene rings is 1. The summed E-state index contributed by atoms with van der Waals surface area (Å²) in [6.45, 7) is 0. The molecule has 0 amide bonds. The van der Waals surface area contributed by atoms with Crippen molar-refractivity contribution in [2.75, 3.05) is 0 Å². The highest BCUT2D eigenvalue weighted by Gasteiger charge is 2.38. The van der Waals surface area contributed by atoms with Crippen molar-refractivity contribution in [2.24, 2.45) is 0 Å². The lowest BCUT2D eigenvalue weighted by molar-refractivity contribution is -0.192. The van der Waals surface area contributed by atoms with Gasteiger partial charge in [0.25, 0.3) is 5.56 Å². The number of thiazole rings is 1. The van der Waals surface area contributed by atoms with Crippen molar-refractivity contribution in [3.05, 3.63) is 80.8 Å². The van der Waals surface area contributed by atoms with E-state index in [-0.39, 0.29) is 17.3 Å². The summed E-state index contributed by atoms with van der Waals surface area (Å²) in [6.07, 6.45) is -0.606. The van der Waals surface area contributed by atoms with Crippen LogP contribution in [-0.2, 0) is 11.2 Å². The quantitative estimate of drug-likeness (QED) is 0.261. The molecule has 4 aromatic heterocycles. The van der Waals surface area contributed by atoms with E-state index in [0.717, 1.165) is 16.8 Å². The highest BCUT2D eigenvalue weighted by atomic mass is 35.5. The molecular formula is C24H16ClF3N8O5S. The number of H-pyrrole nitrogens is 1. The number of nitrogens with zero attached hydrogens (tertiary/aromatic N) is 7. The van der Waals surface area contributed by atoms with Crippen molar-refractivity contribution in [3.63, 3.8) is 0 Å². The number of pyridine rings is 1. The fraction of sp³-hybridized carbons (Fsp3) is 0.167. The van der Waals surface area contributed by atoms with Gasteiger partial charge in [0.1, 0.15) is 17.2 Å². The number of alkyl halides is 3. The van der Waals surface area contributed by atoms with Crippen LogP contribution < -0.4 is 5.56 Å². The number of aromatic carboxylic acids is 1. The second-order valence-corrected chi connectivity index (χ2v) is 10.0. The Bertz CT molecular complexity index is 1850. The number of hydrogen-bond acceptors (Lipinski definition) is 9. The molecule has 1 aliphatic rings. The van der Waals surface area contributed by atoms with E-state index in [2.05, 4.69) is 30.5 Å². The van der Waals surface area contributed by atoms with Gasteiger partial charge in [0.05, 0.1) is 23.6 Å². The first-order valence-corrected chi connectivity index (χ1v) is 13.0. The van der Waals surface area contributed by atoms with Gasteiger partial charge in [0.15, 0.2) is 5.69 Å². The molecular weight excluding hydrogens is 605 g/mol. The van der Waals surface area contributed by atoms with Gasteiger partial charge < -0.3 is 19.8 Å². The molecule has 1 aromatic carbocycles. The second-order valence-electron chi connectivity index (χ2n) is 8.74. The predicted molar refractivity (Wildman–Crippen MR) is 141 cm³/mol. The second kappa shape index (κ2) is 11.2. The van der Waals surface area contributed by atoms with Gasteiger partial charge in [0, 0.05) is 27.7 Å². The number of hydrogen-bond donors (Lipinski definition) is 3. The first-order chi connectivity index (χ1) is 19.9. The molecule has 0 fully saturated rings. The standard InChI is InChI=1S/C22H15ClN8O3S.C2HF3O2/c23-12-1-3-17(30-10-25-28-29-30)14(7-12)11-5-13-2-4-18(31(13)19(32)6-11)20-24-8-15(26-20)21-27-16(9-35-21)22(33)34;3-2(4,5)1(6)7/h1,3,5-10,18H,2,4H2,(H,24,26)(H,33,34);(H,6,7)/t18-;/m0./s1. The zero-order chi connectivity index (χ0) is 30.2. The maximum atomic E-state index is 13.3. The molecule has 0 unspecified atom stereocenters. The average molecular weight is 621 g/mol. The highest BCUT2D eigenvalue weighted by Crippen LogP contribution is 2.34. The number of halogens is 4. The van der Waals surface area contributed by atoms with Gasteiger partial charge in [-0.25, -0.2) is 19.6 Å². The summed E-state index contributed by atoms with van der Waals surface area (Å²) in [7, 11) is 0. The molecule has 0 spiro atoms. The number of carboxylic acids is 2. The van der Waals surface area contributed by atoms with Crippen LogP contribution >= 0.6 is 22.9 Å². The Kier molecular flexibility index (Phi) is 7.61. The van der Waals surface area contributed by atoms with Gasteiger partial charge in [-0.3, -0.25) is 4.79 Å². The zero-order valence-electron chi connectivity index (χ0n) is 20.8. The van der Waals surface area contributed by atoms with E-state index in [1.165, 1.54) is 27.7 Å². The molecule has 216 valence electrons. The fourth-order valence-corrected chi connectivity index (χ4v) is 5.26. The Balaban J connectivity index is 0.000000451. The number of aromatic amines is 1. The Morgan fingerprint density at radius 2 is 1.93 bits per heavy atom. The molecule has 42 heavy (non-hydrogen) atoms. The van der Waals surface area contributed by atoms with E-state index in [4.69, 9.17) is 26.6 Å². The van der Waals surface area contributed by atoms with Gasteiger partial charge in [-0.15, -0.1) is 16.4 Å². The van der Waals surface area contributed by atoms with Gasteiger partial charge in [-0.05, 0) is 53.1 Å². The van der Waals surface area contributed by atoms with Crippen LogP contribution in [0, 0.1) is 0 Å². The van der Waals surface area contributed by atoms with E-state index in [1.807, 2.05) is 6.07 Å². The monoisotopic (exact) mass is 620 g/mol. The zero-order valence-corrected chi connectivity index (χ0v) is 22.4. The van der Waals surface area contributed by atoms with E-state index >= 15 is 0 Å². The summed E-state index contributed by atoms with van der Waals surface area (Å²) < 4.78 is 35.0. The number of carboxylic acid groups (broad SMARTS) is 2. The third-order valence-electron chi connectivity index (χ3n) is 6.11. The third-order valence-corrected chi connectivity index (χ3v) is 7.22. The van der Waals surface area contributed by atoms with Crippen molar-refractivity contribution in [1.29, 1.82) is 0 Å². The molecule has 0 saturated heterocycles. The summed E-state index contributed by atoms with van der Waals surface area (Å²) in [4.78, 5) is 45.1. The van der Waals surface area contributed by atoms with Crippen molar-refractivity contribution in [2.45, 2.75) is 25.1 Å². The van der Waals surface area contributed by atoms with E-state index in [1.54, 1.807) is 35.0 Å². The van der Waals surface area contributed by atoms with Crippen LogP contribution in [0.3, 0.4) is 0 Å². The number of nitrogens with one attached hydrogen (secondary N) is 1. The number of rotatable bonds is 5. The Morgan fingerprint density at radius 3 is 2.57 bits per heavy atom. The number of imidazole rings is 1. The Morgan fingerprint density at radius 1 is 1.17 bits per heavy atom. The molecule has 5 heterocycles. The topological polar surface area (TPSA) is 182 Å². The van der Waals surface area contributed by atoms with Crippen molar-refractivity contribution < 1.29 is 33.0 Å². The number of aromatic nitrogens is 8. The lowest BCUT2D eigenvalue weighted by atomic mass is 10.0. The molecule has 0 aliphatic carbocycles. The van der Waals surface area contributed by atoms with Crippen LogP contribution in [0.25, 0.3) is 27.5 Å². The molecule has 18 heteroatoms. The molecule has 6 rings (SSSR count). The number of tetrazole rings is 1. The van der Waals surface area contributed by atoms with Crippen molar-refractivity contribution in [3.8, 4) is 27.5 Å². The molecule has 0 bridgehead atoms. The minimum atomic E-state index is -5.08. The van der Waals surface area contributed by atoms with Crippen LogP contribution in [0.5, 0.6) is 0 Å². The molecule has 5 aromatic rings. The average Bonchev–Trinajstić information content (AvgIpc) is 3.74.